The zero-order valence-corrected chi connectivity index (χ0v) is 9.58. The highest BCUT2D eigenvalue weighted by molar-refractivity contribution is 5.34. The molecule has 1 unspecified atom stereocenters. The van der Waals surface area contributed by atoms with E-state index in [1.807, 2.05) is 30.3 Å². The molecule has 3 rings (SSSR count). The van der Waals surface area contributed by atoms with Gasteiger partial charge in [0.25, 0.3) is 0 Å². The molecule has 0 aliphatic carbocycles. The van der Waals surface area contributed by atoms with Crippen LogP contribution in [0.15, 0.2) is 54.6 Å². The second-order valence-corrected chi connectivity index (χ2v) is 4.50. The van der Waals surface area contributed by atoms with Gasteiger partial charge in [-0.05, 0) is 23.1 Å². The van der Waals surface area contributed by atoms with Gasteiger partial charge >= 0.3 is 0 Å². The Kier molecular flexibility index (Phi) is 2.67. The molecule has 2 aromatic rings. The SMILES string of the molecule is ON1Cc2ccccc2C1Cc1ccccc1. The van der Waals surface area contributed by atoms with Crippen LogP contribution in [-0.2, 0) is 13.0 Å². The van der Waals surface area contributed by atoms with Crippen LogP contribution >= 0.6 is 0 Å². The van der Waals surface area contributed by atoms with Crippen molar-refractivity contribution in [1.29, 1.82) is 0 Å². The van der Waals surface area contributed by atoms with E-state index in [1.54, 1.807) is 0 Å². The quantitative estimate of drug-likeness (QED) is 0.848. The molecular weight excluding hydrogens is 210 g/mol. The lowest BCUT2D eigenvalue weighted by molar-refractivity contribution is -0.125. The normalized spacial score (nSPS) is 19.2. The van der Waals surface area contributed by atoms with Crippen molar-refractivity contribution < 1.29 is 5.21 Å². The van der Waals surface area contributed by atoms with Crippen LogP contribution in [0.5, 0.6) is 0 Å². The van der Waals surface area contributed by atoms with E-state index < -0.39 is 0 Å². The highest BCUT2D eigenvalue weighted by Gasteiger charge is 2.28. The topological polar surface area (TPSA) is 23.5 Å². The maximum absolute atomic E-state index is 10.0. The lowest BCUT2D eigenvalue weighted by atomic mass is 9.99. The molecule has 0 fully saturated rings. The summed E-state index contributed by atoms with van der Waals surface area (Å²) in [6, 6.07) is 18.7. The molecule has 0 radical (unpaired) electrons. The van der Waals surface area contributed by atoms with Crippen LogP contribution < -0.4 is 0 Å². The molecule has 17 heavy (non-hydrogen) atoms. The maximum atomic E-state index is 10.0. The van der Waals surface area contributed by atoms with Crippen molar-refractivity contribution in [1.82, 2.24) is 5.06 Å². The van der Waals surface area contributed by atoms with Crippen molar-refractivity contribution >= 4 is 0 Å². The number of hydroxylamine groups is 2. The van der Waals surface area contributed by atoms with Crippen molar-refractivity contribution in [2.75, 3.05) is 0 Å². The summed E-state index contributed by atoms with van der Waals surface area (Å²) in [5.41, 5.74) is 3.74. The number of hydrogen-bond acceptors (Lipinski definition) is 2. The molecule has 0 amide bonds. The van der Waals surface area contributed by atoms with Crippen molar-refractivity contribution in [2.45, 2.75) is 19.0 Å². The van der Waals surface area contributed by atoms with E-state index in [4.69, 9.17) is 0 Å². The molecule has 0 aromatic heterocycles. The lowest BCUT2D eigenvalue weighted by Gasteiger charge is -2.18. The first-order valence-corrected chi connectivity index (χ1v) is 5.92. The Morgan fingerprint density at radius 3 is 2.53 bits per heavy atom. The van der Waals surface area contributed by atoms with Crippen LogP contribution in [-0.4, -0.2) is 10.3 Å². The Hall–Kier alpha value is -1.64. The van der Waals surface area contributed by atoms with Crippen LogP contribution in [0.25, 0.3) is 0 Å². The first-order chi connectivity index (χ1) is 8.34. The van der Waals surface area contributed by atoms with Crippen molar-refractivity contribution in [3.05, 3.63) is 71.3 Å². The molecule has 2 aromatic carbocycles. The third-order valence-electron chi connectivity index (χ3n) is 3.38. The third-order valence-corrected chi connectivity index (χ3v) is 3.38. The van der Waals surface area contributed by atoms with Crippen molar-refractivity contribution in [3.63, 3.8) is 0 Å². The van der Waals surface area contributed by atoms with Crippen molar-refractivity contribution in [2.24, 2.45) is 0 Å². The smallest absolute Gasteiger partial charge is 0.0646 e. The number of benzene rings is 2. The number of nitrogens with zero attached hydrogens (tertiary/aromatic N) is 1. The van der Waals surface area contributed by atoms with Gasteiger partial charge in [0.1, 0.15) is 0 Å². The first kappa shape index (κ1) is 10.5. The van der Waals surface area contributed by atoms with Gasteiger partial charge in [0.15, 0.2) is 0 Å². The summed E-state index contributed by atoms with van der Waals surface area (Å²) in [5, 5.41) is 11.4. The molecule has 2 nitrogen and oxygen atoms in total. The highest BCUT2D eigenvalue weighted by Crippen LogP contribution is 2.34. The lowest BCUT2D eigenvalue weighted by Crippen LogP contribution is -2.19. The summed E-state index contributed by atoms with van der Waals surface area (Å²) in [7, 11) is 0. The summed E-state index contributed by atoms with van der Waals surface area (Å²) in [6.07, 6.45) is 0.856. The van der Waals surface area contributed by atoms with Crippen LogP contribution in [0.3, 0.4) is 0 Å². The molecule has 0 saturated heterocycles. The minimum absolute atomic E-state index is 0.0913. The van der Waals surface area contributed by atoms with Gasteiger partial charge < -0.3 is 5.21 Å². The van der Waals surface area contributed by atoms with Gasteiger partial charge in [0.05, 0.1) is 6.04 Å². The van der Waals surface area contributed by atoms with E-state index in [0.29, 0.717) is 6.54 Å². The Labute approximate surface area is 101 Å². The summed E-state index contributed by atoms with van der Waals surface area (Å²) >= 11 is 0. The maximum Gasteiger partial charge on any atom is 0.0646 e. The largest absolute Gasteiger partial charge is 0.313 e. The third kappa shape index (κ3) is 1.97. The minimum atomic E-state index is 0.0913. The summed E-state index contributed by atoms with van der Waals surface area (Å²) in [6.45, 7) is 0.633. The highest BCUT2D eigenvalue weighted by atomic mass is 16.5. The summed E-state index contributed by atoms with van der Waals surface area (Å²) in [4.78, 5) is 0. The Morgan fingerprint density at radius 2 is 1.71 bits per heavy atom. The van der Waals surface area contributed by atoms with Gasteiger partial charge in [-0.3, -0.25) is 0 Å². The average molecular weight is 225 g/mol. The van der Waals surface area contributed by atoms with Gasteiger partial charge in [-0.2, -0.15) is 5.06 Å². The van der Waals surface area contributed by atoms with Crippen LogP contribution in [0, 0.1) is 0 Å². The number of rotatable bonds is 2. The van der Waals surface area contributed by atoms with E-state index >= 15 is 0 Å². The number of hydrogen-bond donors (Lipinski definition) is 1. The Bertz CT molecular complexity index is 509. The zero-order valence-electron chi connectivity index (χ0n) is 9.58. The van der Waals surface area contributed by atoms with E-state index in [0.717, 1.165) is 6.42 Å². The molecule has 0 bridgehead atoms. The second-order valence-electron chi connectivity index (χ2n) is 4.50. The predicted molar refractivity (Wildman–Crippen MR) is 66.7 cm³/mol. The monoisotopic (exact) mass is 225 g/mol. The van der Waals surface area contributed by atoms with Gasteiger partial charge in [0, 0.05) is 6.54 Å². The van der Waals surface area contributed by atoms with Crippen molar-refractivity contribution in [3.8, 4) is 0 Å². The molecular formula is C15H15NO. The first-order valence-electron chi connectivity index (χ1n) is 5.92. The summed E-state index contributed by atoms with van der Waals surface area (Å²) < 4.78 is 0. The molecule has 1 aliphatic heterocycles. The van der Waals surface area contributed by atoms with E-state index in [2.05, 4.69) is 24.3 Å². The molecule has 86 valence electrons. The molecule has 1 aliphatic rings. The van der Waals surface area contributed by atoms with Gasteiger partial charge in [-0.15, -0.1) is 0 Å². The standard InChI is InChI=1S/C15H15NO/c17-16-11-13-8-4-5-9-14(13)15(16)10-12-6-2-1-3-7-12/h1-9,15,17H,10-11H2. The fraction of sp³-hybridized carbons (Fsp3) is 0.200. The van der Waals surface area contributed by atoms with E-state index in [-0.39, 0.29) is 6.04 Å². The Balaban J connectivity index is 1.89. The van der Waals surface area contributed by atoms with Gasteiger partial charge in [-0.25, -0.2) is 0 Å². The zero-order chi connectivity index (χ0) is 11.7. The van der Waals surface area contributed by atoms with Crippen LogP contribution in [0.4, 0.5) is 0 Å². The molecule has 1 heterocycles. The second kappa shape index (κ2) is 4.32. The molecule has 0 spiro atoms. The molecule has 1 N–H and O–H groups in total. The fourth-order valence-electron chi connectivity index (χ4n) is 2.50. The van der Waals surface area contributed by atoms with Crippen LogP contribution in [0.1, 0.15) is 22.7 Å². The van der Waals surface area contributed by atoms with E-state index in [9.17, 15) is 5.21 Å². The Morgan fingerprint density at radius 1 is 1.00 bits per heavy atom. The predicted octanol–water partition coefficient (Wildman–Crippen LogP) is 3.18. The summed E-state index contributed by atoms with van der Waals surface area (Å²) in [5.74, 6) is 0. The number of fused-ring (bicyclic) bond motifs is 1. The van der Waals surface area contributed by atoms with E-state index in [1.165, 1.54) is 21.8 Å². The average Bonchev–Trinajstić information content (AvgIpc) is 2.68. The van der Waals surface area contributed by atoms with Crippen LogP contribution in [0.2, 0.25) is 0 Å². The molecule has 2 heteroatoms. The molecule has 1 atom stereocenters. The van der Waals surface area contributed by atoms with Gasteiger partial charge in [-0.1, -0.05) is 54.6 Å². The van der Waals surface area contributed by atoms with Gasteiger partial charge in [0.2, 0.25) is 0 Å². The molecule has 0 saturated carbocycles. The minimum Gasteiger partial charge on any atom is -0.313 e. The fourth-order valence-corrected chi connectivity index (χ4v) is 2.50.